The third-order valence-corrected chi connectivity index (χ3v) is 10.9. The van der Waals surface area contributed by atoms with Crippen LogP contribution in [0.4, 0.5) is 4.39 Å². The monoisotopic (exact) mass is 560 g/mol. The van der Waals surface area contributed by atoms with Crippen LogP contribution in [0, 0.1) is 34.5 Å². The van der Waals surface area contributed by atoms with Gasteiger partial charge in [0, 0.05) is 17.3 Å². The minimum atomic E-state index is -4.52. The highest BCUT2D eigenvalue weighted by Crippen LogP contribution is 2.69. The van der Waals surface area contributed by atoms with Gasteiger partial charge in [0.25, 0.3) is 10.1 Å². The van der Waals surface area contributed by atoms with Crippen molar-refractivity contribution < 1.29 is 41.6 Å². The number of rotatable bonds is 5. The molecular formula is C29H33FO8S. The van der Waals surface area contributed by atoms with Crippen molar-refractivity contribution in [1.82, 2.24) is 0 Å². The van der Waals surface area contributed by atoms with Crippen molar-refractivity contribution in [1.29, 1.82) is 0 Å². The first-order chi connectivity index (χ1) is 18.1. The van der Waals surface area contributed by atoms with Crippen molar-refractivity contribution in [3.05, 3.63) is 53.6 Å². The maximum Gasteiger partial charge on any atom is 0.338 e. The Morgan fingerprint density at radius 3 is 2.62 bits per heavy atom. The summed E-state index contributed by atoms with van der Waals surface area (Å²) in [4.78, 5) is 37.6. The van der Waals surface area contributed by atoms with E-state index in [0.717, 1.165) is 12.1 Å². The van der Waals surface area contributed by atoms with E-state index in [1.165, 1.54) is 24.3 Å². The number of carbonyl (C=O) groups excluding carboxylic acids is 3. The molecule has 0 radical (unpaired) electrons. The van der Waals surface area contributed by atoms with Gasteiger partial charge in [-0.2, -0.15) is 8.42 Å². The molecule has 0 spiro atoms. The van der Waals surface area contributed by atoms with Gasteiger partial charge in [0.15, 0.2) is 23.8 Å². The molecule has 39 heavy (non-hydrogen) atoms. The predicted octanol–water partition coefficient (Wildman–Crippen LogP) is 3.89. The number of allylic oxidation sites excluding steroid dienone is 4. The minimum absolute atomic E-state index is 0.0560. The molecule has 3 fully saturated rings. The third-order valence-electron chi connectivity index (χ3n) is 10.0. The molecule has 0 aliphatic heterocycles. The van der Waals surface area contributed by atoms with Crippen LogP contribution < -0.4 is 0 Å². The summed E-state index contributed by atoms with van der Waals surface area (Å²) in [5.41, 5.74) is -3.25. The Bertz CT molecular complexity index is 1420. The van der Waals surface area contributed by atoms with Crippen molar-refractivity contribution in [3.63, 3.8) is 0 Å². The predicted molar refractivity (Wildman–Crippen MR) is 138 cm³/mol. The summed E-state index contributed by atoms with van der Waals surface area (Å²) in [6.45, 7) is 5.03. The first kappa shape index (κ1) is 27.9. The molecule has 0 bridgehead atoms. The molecule has 8 unspecified atom stereocenters. The summed E-state index contributed by atoms with van der Waals surface area (Å²) in [6.07, 6.45) is 4.73. The molecule has 10 heteroatoms. The Kier molecular flexibility index (Phi) is 6.55. The van der Waals surface area contributed by atoms with E-state index in [1.54, 1.807) is 13.0 Å². The van der Waals surface area contributed by atoms with Gasteiger partial charge < -0.3 is 9.84 Å². The second-order valence-corrected chi connectivity index (χ2v) is 13.5. The molecule has 3 saturated carbocycles. The molecule has 0 heterocycles. The number of halogens is 1. The smallest absolute Gasteiger partial charge is 0.338 e. The summed E-state index contributed by atoms with van der Waals surface area (Å²) in [5.74, 6) is -2.86. The lowest BCUT2D eigenvalue weighted by molar-refractivity contribution is -0.196. The number of Topliss-reactive ketones (excluding diaryl/α,β-unsaturated/α-hetero) is 1. The van der Waals surface area contributed by atoms with Gasteiger partial charge in [-0.1, -0.05) is 31.6 Å². The molecule has 5 rings (SSSR count). The first-order valence-corrected chi connectivity index (χ1v) is 14.7. The average molecular weight is 561 g/mol. The van der Waals surface area contributed by atoms with Crippen molar-refractivity contribution in [2.45, 2.75) is 63.1 Å². The fraction of sp³-hybridized carbons (Fsp3) is 0.552. The second kappa shape index (κ2) is 9.17. The van der Waals surface area contributed by atoms with Crippen LogP contribution in [0.15, 0.2) is 53.0 Å². The second-order valence-electron chi connectivity index (χ2n) is 12.1. The molecule has 4 aliphatic rings. The van der Waals surface area contributed by atoms with Gasteiger partial charge >= 0.3 is 5.97 Å². The topological polar surface area (TPSA) is 135 Å². The lowest BCUT2D eigenvalue weighted by Crippen LogP contribution is -2.66. The van der Waals surface area contributed by atoms with Crippen molar-refractivity contribution in [2.24, 2.45) is 34.5 Å². The summed E-state index contributed by atoms with van der Waals surface area (Å²) in [7, 11) is -4.52. The van der Waals surface area contributed by atoms with E-state index in [0.29, 0.717) is 24.8 Å². The van der Waals surface area contributed by atoms with E-state index in [-0.39, 0.29) is 35.4 Å². The van der Waals surface area contributed by atoms with E-state index in [1.807, 2.05) is 13.8 Å². The van der Waals surface area contributed by atoms with Crippen LogP contribution >= 0.6 is 0 Å². The van der Waals surface area contributed by atoms with Gasteiger partial charge in [-0.3, -0.25) is 14.1 Å². The van der Waals surface area contributed by atoms with Crippen molar-refractivity contribution >= 4 is 27.7 Å². The number of benzene rings is 1. The Balaban J connectivity index is 1.37. The van der Waals surface area contributed by atoms with Crippen LogP contribution in [0.2, 0.25) is 0 Å². The number of aliphatic hydroxyl groups excluding tert-OH is 1. The van der Waals surface area contributed by atoms with Gasteiger partial charge in [0.2, 0.25) is 0 Å². The zero-order chi connectivity index (χ0) is 28.5. The number of hydrogen-bond donors (Lipinski definition) is 2. The standard InChI is InChI=1S/C29H33FO8S/c1-16-11-22-21-8-7-18-13-19(31)9-10-28(18,3)29(21,30)24(33)14-27(22,2)25(16)23(32)15-38-26(34)17-5-4-6-20(12-17)39(35,36)37/h4-6,9-10,12-13,16,21-22,24-25,33H,7-8,11,14-15H2,1-3H3,(H,35,36,37). The number of fused-ring (bicyclic) bond motifs is 5. The highest BCUT2D eigenvalue weighted by Gasteiger charge is 2.71. The number of ketones is 2. The molecule has 8 atom stereocenters. The largest absolute Gasteiger partial charge is 0.454 e. The lowest BCUT2D eigenvalue weighted by atomic mass is 9.45. The zero-order valence-electron chi connectivity index (χ0n) is 22.1. The Labute approximate surface area is 227 Å². The van der Waals surface area contributed by atoms with E-state index < -0.39 is 62.0 Å². The Morgan fingerprint density at radius 2 is 1.92 bits per heavy atom. The number of esters is 1. The molecule has 0 amide bonds. The van der Waals surface area contributed by atoms with Crippen molar-refractivity contribution in [3.8, 4) is 0 Å². The van der Waals surface area contributed by atoms with E-state index >= 15 is 4.39 Å². The van der Waals surface area contributed by atoms with E-state index in [9.17, 15) is 32.5 Å². The van der Waals surface area contributed by atoms with Crippen LogP contribution in [0.1, 0.15) is 56.8 Å². The van der Waals surface area contributed by atoms with Gasteiger partial charge in [-0.15, -0.1) is 0 Å². The molecule has 0 saturated heterocycles. The molecular weight excluding hydrogens is 527 g/mol. The van der Waals surface area contributed by atoms with Crippen LogP contribution in [0.25, 0.3) is 0 Å². The van der Waals surface area contributed by atoms with Crippen LogP contribution in [-0.4, -0.2) is 54.0 Å². The zero-order valence-corrected chi connectivity index (χ0v) is 22.9. The van der Waals surface area contributed by atoms with Crippen molar-refractivity contribution in [2.75, 3.05) is 6.61 Å². The van der Waals surface area contributed by atoms with Crippen LogP contribution in [-0.2, 0) is 24.4 Å². The number of aliphatic hydroxyl groups is 1. The third kappa shape index (κ3) is 4.14. The molecule has 4 aliphatic carbocycles. The maximum absolute atomic E-state index is 17.2. The molecule has 0 aromatic heterocycles. The average Bonchev–Trinajstić information content (AvgIpc) is 3.12. The summed E-state index contributed by atoms with van der Waals surface area (Å²) in [5, 5.41) is 11.4. The maximum atomic E-state index is 17.2. The van der Waals surface area contributed by atoms with E-state index in [2.05, 4.69) is 0 Å². The Hall–Kier alpha value is -2.69. The van der Waals surface area contributed by atoms with Gasteiger partial charge in [-0.25, -0.2) is 9.18 Å². The molecule has 2 N–H and O–H groups in total. The number of hydrogen-bond acceptors (Lipinski definition) is 7. The fourth-order valence-corrected chi connectivity index (χ4v) is 8.88. The highest BCUT2D eigenvalue weighted by atomic mass is 32.2. The van der Waals surface area contributed by atoms with Gasteiger partial charge in [-0.05, 0) is 80.2 Å². The quantitative estimate of drug-likeness (QED) is 0.409. The summed E-state index contributed by atoms with van der Waals surface area (Å²) < 4.78 is 54.5. The van der Waals surface area contributed by atoms with Gasteiger partial charge in [0.05, 0.1) is 16.6 Å². The van der Waals surface area contributed by atoms with Crippen LogP contribution in [0.3, 0.4) is 0 Å². The highest BCUT2D eigenvalue weighted by molar-refractivity contribution is 7.85. The Morgan fingerprint density at radius 1 is 1.21 bits per heavy atom. The lowest BCUT2D eigenvalue weighted by Gasteiger charge is -2.61. The number of ether oxygens (including phenoxy) is 1. The molecule has 8 nitrogen and oxygen atoms in total. The first-order valence-electron chi connectivity index (χ1n) is 13.2. The van der Waals surface area contributed by atoms with Gasteiger partial charge in [0.1, 0.15) is 0 Å². The number of carbonyl (C=O) groups is 3. The minimum Gasteiger partial charge on any atom is -0.454 e. The molecule has 1 aromatic carbocycles. The van der Waals surface area contributed by atoms with Crippen LogP contribution in [0.5, 0.6) is 0 Å². The van der Waals surface area contributed by atoms with E-state index in [4.69, 9.17) is 4.74 Å². The fourth-order valence-electron chi connectivity index (χ4n) is 8.36. The number of alkyl halides is 1. The SMILES string of the molecule is CC1CC2C3CCC4=CC(=O)C=CC4(C)C3(F)C(O)CC2(C)C1C(=O)COC(=O)c1cccc(S(=O)(=O)O)c1. The summed E-state index contributed by atoms with van der Waals surface area (Å²) >= 11 is 0. The normalized spacial score (nSPS) is 39.3. The summed E-state index contributed by atoms with van der Waals surface area (Å²) in [6, 6.07) is 4.69. The molecule has 210 valence electrons. The molecule has 1 aromatic rings.